The minimum Gasteiger partial charge on any atom is -0.383 e. The Morgan fingerprint density at radius 1 is 1.33 bits per heavy atom. The Labute approximate surface area is 144 Å². The van der Waals surface area contributed by atoms with Gasteiger partial charge in [0.2, 0.25) is 0 Å². The molecule has 0 atom stereocenters. The second-order valence-electron chi connectivity index (χ2n) is 5.59. The molecule has 1 aromatic carbocycles. The van der Waals surface area contributed by atoms with Gasteiger partial charge in [-0.1, -0.05) is 23.5 Å². The molecule has 6 nitrogen and oxygen atoms in total. The van der Waals surface area contributed by atoms with E-state index in [0.717, 1.165) is 21.6 Å². The molecule has 0 spiro atoms. The lowest BCUT2D eigenvalue weighted by molar-refractivity contribution is -0.118. The van der Waals surface area contributed by atoms with E-state index in [0.29, 0.717) is 18.0 Å². The van der Waals surface area contributed by atoms with Gasteiger partial charge in [0, 0.05) is 19.3 Å². The molecule has 0 unspecified atom stereocenters. The molecule has 2 aromatic heterocycles. The summed E-state index contributed by atoms with van der Waals surface area (Å²) < 4.78 is 10.0. The predicted octanol–water partition coefficient (Wildman–Crippen LogP) is 2.29. The molecular weight excluding hydrogens is 324 g/mol. The van der Waals surface area contributed by atoms with Gasteiger partial charge in [0.05, 0.1) is 22.5 Å². The third kappa shape index (κ3) is 3.47. The highest BCUT2D eigenvalue weighted by molar-refractivity contribution is 7.16. The first-order chi connectivity index (χ1) is 11.6. The van der Waals surface area contributed by atoms with Gasteiger partial charge in [-0.3, -0.25) is 9.48 Å². The quantitative estimate of drug-likeness (QED) is 0.713. The van der Waals surface area contributed by atoms with E-state index in [1.54, 1.807) is 11.8 Å². The Morgan fingerprint density at radius 3 is 2.83 bits per heavy atom. The zero-order chi connectivity index (χ0) is 17.1. The fourth-order valence-electron chi connectivity index (χ4n) is 2.61. The first kappa shape index (κ1) is 16.6. The van der Waals surface area contributed by atoms with Crippen LogP contribution < -0.4 is 4.80 Å². The van der Waals surface area contributed by atoms with Crippen molar-refractivity contribution in [1.29, 1.82) is 0 Å². The van der Waals surface area contributed by atoms with Crippen molar-refractivity contribution in [2.24, 2.45) is 4.99 Å². The molecule has 2 heterocycles. The monoisotopic (exact) mass is 344 g/mol. The smallest absolute Gasteiger partial charge is 0.270 e. The summed E-state index contributed by atoms with van der Waals surface area (Å²) in [6.45, 7) is 5.23. The molecule has 0 N–H and O–H groups in total. The van der Waals surface area contributed by atoms with E-state index in [4.69, 9.17) is 4.74 Å². The van der Waals surface area contributed by atoms with E-state index < -0.39 is 0 Å². The largest absolute Gasteiger partial charge is 0.383 e. The first-order valence-corrected chi connectivity index (χ1v) is 8.56. The number of rotatable bonds is 5. The van der Waals surface area contributed by atoms with Crippen LogP contribution in [-0.4, -0.2) is 34.0 Å². The van der Waals surface area contributed by atoms with Crippen LogP contribution in [0.1, 0.15) is 11.4 Å². The number of para-hydroxylation sites is 1. The molecule has 0 aliphatic heterocycles. The van der Waals surface area contributed by atoms with E-state index in [2.05, 4.69) is 10.1 Å². The van der Waals surface area contributed by atoms with Crippen LogP contribution in [0.2, 0.25) is 0 Å². The van der Waals surface area contributed by atoms with Gasteiger partial charge in [-0.2, -0.15) is 10.1 Å². The van der Waals surface area contributed by atoms with Crippen molar-refractivity contribution in [1.82, 2.24) is 14.3 Å². The van der Waals surface area contributed by atoms with Gasteiger partial charge >= 0.3 is 0 Å². The fourth-order valence-corrected chi connectivity index (χ4v) is 3.68. The summed E-state index contributed by atoms with van der Waals surface area (Å²) in [5.41, 5.74) is 2.93. The van der Waals surface area contributed by atoms with Gasteiger partial charge in [0.25, 0.3) is 5.91 Å². The third-order valence-electron chi connectivity index (χ3n) is 3.72. The van der Waals surface area contributed by atoms with Crippen LogP contribution >= 0.6 is 11.3 Å². The summed E-state index contributed by atoms with van der Waals surface area (Å²) in [4.78, 5) is 17.4. The van der Waals surface area contributed by atoms with Crippen LogP contribution in [0.4, 0.5) is 0 Å². The number of fused-ring (bicyclic) bond motifs is 1. The Bertz CT molecular complexity index is 936. The minimum absolute atomic E-state index is 0.151. The van der Waals surface area contributed by atoms with Crippen molar-refractivity contribution in [3.8, 4) is 0 Å². The highest BCUT2D eigenvalue weighted by atomic mass is 32.1. The summed E-state index contributed by atoms with van der Waals surface area (Å²) in [6, 6.07) is 9.99. The number of hydrogen-bond donors (Lipinski definition) is 0. The zero-order valence-corrected chi connectivity index (χ0v) is 14.8. The first-order valence-electron chi connectivity index (χ1n) is 7.74. The van der Waals surface area contributed by atoms with Crippen LogP contribution in [0.5, 0.6) is 0 Å². The minimum atomic E-state index is -0.209. The van der Waals surface area contributed by atoms with Crippen LogP contribution in [0.15, 0.2) is 35.3 Å². The summed E-state index contributed by atoms with van der Waals surface area (Å²) >= 11 is 1.51. The van der Waals surface area contributed by atoms with Crippen molar-refractivity contribution < 1.29 is 9.53 Å². The summed E-state index contributed by atoms with van der Waals surface area (Å²) in [6.07, 6.45) is 0. The molecule has 0 fully saturated rings. The van der Waals surface area contributed by atoms with Gasteiger partial charge < -0.3 is 9.30 Å². The van der Waals surface area contributed by atoms with E-state index in [1.165, 1.54) is 11.3 Å². The Balaban J connectivity index is 1.96. The number of carbonyl (C=O) groups is 1. The molecule has 3 aromatic rings. The number of aromatic nitrogens is 3. The maximum atomic E-state index is 12.4. The van der Waals surface area contributed by atoms with E-state index in [1.807, 2.05) is 48.7 Å². The molecule has 0 radical (unpaired) electrons. The highest BCUT2D eigenvalue weighted by Gasteiger charge is 2.09. The number of amides is 1. The zero-order valence-electron chi connectivity index (χ0n) is 14.0. The van der Waals surface area contributed by atoms with E-state index in [-0.39, 0.29) is 12.5 Å². The SMILES string of the molecule is COCCn1c(=NC(=O)Cn2nc(C)cc2C)sc2ccccc21. The molecule has 1 amide bonds. The lowest BCUT2D eigenvalue weighted by Gasteiger charge is -2.04. The van der Waals surface area contributed by atoms with Crippen LogP contribution in [0, 0.1) is 13.8 Å². The van der Waals surface area contributed by atoms with Crippen LogP contribution in [-0.2, 0) is 22.6 Å². The summed E-state index contributed by atoms with van der Waals surface area (Å²) in [7, 11) is 1.67. The summed E-state index contributed by atoms with van der Waals surface area (Å²) in [5.74, 6) is -0.209. The van der Waals surface area contributed by atoms with Crippen molar-refractivity contribution >= 4 is 27.5 Å². The second kappa shape index (κ2) is 7.11. The van der Waals surface area contributed by atoms with E-state index >= 15 is 0 Å². The molecule has 0 saturated carbocycles. The maximum Gasteiger partial charge on any atom is 0.270 e. The molecule has 0 aliphatic carbocycles. The van der Waals surface area contributed by atoms with Crippen LogP contribution in [0.3, 0.4) is 0 Å². The third-order valence-corrected chi connectivity index (χ3v) is 4.78. The molecule has 7 heteroatoms. The van der Waals surface area contributed by atoms with Gasteiger partial charge in [-0.25, -0.2) is 0 Å². The van der Waals surface area contributed by atoms with Gasteiger partial charge in [0.1, 0.15) is 6.54 Å². The van der Waals surface area contributed by atoms with Gasteiger partial charge in [-0.05, 0) is 32.0 Å². The molecule has 24 heavy (non-hydrogen) atoms. The number of aryl methyl sites for hydroxylation is 2. The number of hydrogen-bond acceptors (Lipinski definition) is 4. The molecule has 0 aliphatic rings. The number of nitrogens with zero attached hydrogens (tertiary/aromatic N) is 4. The predicted molar refractivity (Wildman–Crippen MR) is 94.0 cm³/mol. The number of benzene rings is 1. The van der Waals surface area contributed by atoms with Crippen molar-refractivity contribution in [2.45, 2.75) is 26.9 Å². The lowest BCUT2D eigenvalue weighted by Crippen LogP contribution is -2.21. The molecule has 0 bridgehead atoms. The standard InChI is InChI=1S/C17H20N4O2S/c1-12-10-13(2)21(19-12)11-16(22)18-17-20(8-9-23-3)14-6-4-5-7-15(14)24-17/h4-7,10H,8-9,11H2,1-3H3. The number of carbonyl (C=O) groups excluding carboxylic acids is 1. The average Bonchev–Trinajstić information content (AvgIpc) is 3.04. The van der Waals surface area contributed by atoms with Crippen LogP contribution in [0.25, 0.3) is 10.2 Å². The molecule has 0 saturated heterocycles. The molecule has 3 rings (SSSR count). The Kier molecular flexibility index (Phi) is 4.92. The number of methoxy groups -OCH3 is 1. The second-order valence-corrected chi connectivity index (χ2v) is 6.60. The molecular formula is C17H20N4O2S. The van der Waals surface area contributed by atoms with Crippen molar-refractivity contribution in [3.05, 3.63) is 46.5 Å². The number of thiazole rings is 1. The van der Waals surface area contributed by atoms with Gasteiger partial charge in [0.15, 0.2) is 4.80 Å². The molecule has 126 valence electrons. The lowest BCUT2D eigenvalue weighted by atomic mass is 10.3. The highest BCUT2D eigenvalue weighted by Crippen LogP contribution is 2.16. The van der Waals surface area contributed by atoms with E-state index in [9.17, 15) is 4.79 Å². The van der Waals surface area contributed by atoms with Crippen molar-refractivity contribution in [2.75, 3.05) is 13.7 Å². The topological polar surface area (TPSA) is 61.4 Å². The Morgan fingerprint density at radius 2 is 2.12 bits per heavy atom. The normalized spacial score (nSPS) is 12.2. The van der Waals surface area contributed by atoms with Crippen molar-refractivity contribution in [3.63, 3.8) is 0 Å². The summed E-state index contributed by atoms with van der Waals surface area (Å²) in [5, 5.41) is 4.32. The van der Waals surface area contributed by atoms with Gasteiger partial charge in [-0.15, -0.1) is 0 Å². The maximum absolute atomic E-state index is 12.4. The number of ether oxygens (including phenoxy) is 1. The average molecular weight is 344 g/mol. The fraction of sp³-hybridized carbons (Fsp3) is 0.353. The Hall–Kier alpha value is -2.25.